The number of rotatable bonds is 2. The van der Waals surface area contributed by atoms with E-state index in [1.807, 2.05) is 0 Å². The van der Waals surface area contributed by atoms with Crippen LogP contribution in [0.15, 0.2) is 24.3 Å². The number of hydrogen-bond acceptors (Lipinski definition) is 3. The van der Waals surface area contributed by atoms with Gasteiger partial charge >= 0.3 is 0 Å². The molecule has 5 nitrogen and oxygen atoms in total. The van der Waals surface area contributed by atoms with Crippen LogP contribution in [0.1, 0.15) is 16.2 Å². The van der Waals surface area contributed by atoms with Crippen molar-refractivity contribution in [3.63, 3.8) is 0 Å². The van der Waals surface area contributed by atoms with Crippen LogP contribution < -0.4 is 5.73 Å². The molecule has 1 aromatic heterocycles. The Balaban J connectivity index is 2.55. The van der Waals surface area contributed by atoms with Crippen molar-refractivity contribution in [2.75, 3.05) is 0 Å². The zero-order valence-corrected chi connectivity index (χ0v) is 9.32. The number of aromatic nitrogens is 2. The largest absolute Gasteiger partial charge is 0.364 e. The van der Waals surface area contributed by atoms with Gasteiger partial charge < -0.3 is 10.7 Å². The van der Waals surface area contributed by atoms with Crippen molar-refractivity contribution in [2.45, 2.75) is 0 Å². The average molecular weight is 247 g/mol. The van der Waals surface area contributed by atoms with E-state index >= 15 is 0 Å². The highest BCUT2D eigenvalue weighted by Gasteiger charge is 2.15. The summed E-state index contributed by atoms with van der Waals surface area (Å²) in [6, 6.07) is 8.70. The van der Waals surface area contributed by atoms with Crippen LogP contribution in [-0.4, -0.2) is 15.9 Å². The van der Waals surface area contributed by atoms with E-state index in [-0.39, 0.29) is 11.4 Å². The van der Waals surface area contributed by atoms with Crippen LogP contribution in [0.4, 0.5) is 0 Å². The highest BCUT2D eigenvalue weighted by atomic mass is 35.5. The summed E-state index contributed by atoms with van der Waals surface area (Å²) in [7, 11) is 0. The van der Waals surface area contributed by atoms with Gasteiger partial charge in [0.25, 0.3) is 5.91 Å². The van der Waals surface area contributed by atoms with Gasteiger partial charge in [-0.2, -0.15) is 5.26 Å². The van der Waals surface area contributed by atoms with Gasteiger partial charge in [0.15, 0.2) is 5.69 Å². The third kappa shape index (κ3) is 2.12. The summed E-state index contributed by atoms with van der Waals surface area (Å²) in [4.78, 5) is 17.8. The van der Waals surface area contributed by atoms with Crippen molar-refractivity contribution in [2.24, 2.45) is 5.73 Å². The highest BCUT2D eigenvalue weighted by molar-refractivity contribution is 6.30. The number of H-pyrrole nitrogens is 1. The fourth-order valence-electron chi connectivity index (χ4n) is 1.40. The lowest BCUT2D eigenvalue weighted by molar-refractivity contribution is 0.0996. The Hall–Kier alpha value is -2.32. The molecule has 1 amide bonds. The van der Waals surface area contributed by atoms with E-state index in [0.717, 1.165) is 0 Å². The molecule has 0 aliphatic carbocycles. The molecule has 0 aliphatic heterocycles. The summed E-state index contributed by atoms with van der Waals surface area (Å²) < 4.78 is 0. The summed E-state index contributed by atoms with van der Waals surface area (Å²) in [5.41, 5.74) is 5.79. The van der Waals surface area contributed by atoms with Crippen LogP contribution in [0.5, 0.6) is 0 Å². The third-order valence-electron chi connectivity index (χ3n) is 2.15. The molecule has 0 spiro atoms. The van der Waals surface area contributed by atoms with E-state index in [1.54, 1.807) is 30.3 Å². The lowest BCUT2D eigenvalue weighted by Crippen LogP contribution is -2.13. The number of nitriles is 1. The number of carbonyl (C=O) groups excluding carboxylic acids is 1. The van der Waals surface area contributed by atoms with Crippen molar-refractivity contribution in [1.29, 1.82) is 5.26 Å². The Bertz CT molecular complexity index is 627. The molecule has 0 unspecified atom stereocenters. The maximum Gasteiger partial charge on any atom is 0.268 e. The fourth-order valence-corrected chi connectivity index (χ4v) is 1.60. The maximum absolute atomic E-state index is 11.1. The molecule has 1 heterocycles. The average Bonchev–Trinajstić information content (AvgIpc) is 2.73. The Labute approximate surface area is 102 Å². The van der Waals surface area contributed by atoms with Gasteiger partial charge in [-0.3, -0.25) is 4.79 Å². The lowest BCUT2D eigenvalue weighted by atomic mass is 10.2. The predicted molar refractivity (Wildman–Crippen MR) is 62.3 cm³/mol. The molecular weight excluding hydrogens is 240 g/mol. The van der Waals surface area contributed by atoms with Crippen LogP contribution in [0.3, 0.4) is 0 Å². The third-order valence-corrected chi connectivity index (χ3v) is 2.39. The number of hydrogen-bond donors (Lipinski definition) is 2. The van der Waals surface area contributed by atoms with Gasteiger partial charge in [0.1, 0.15) is 17.6 Å². The van der Waals surface area contributed by atoms with Crippen molar-refractivity contribution < 1.29 is 4.79 Å². The van der Waals surface area contributed by atoms with Crippen LogP contribution in [0.2, 0.25) is 5.02 Å². The van der Waals surface area contributed by atoms with Crippen molar-refractivity contribution in [3.05, 3.63) is 40.7 Å². The standard InChI is InChI=1S/C11H7ClN4O/c12-7-3-1-2-6(4-7)11-15-8(5-13)9(16-11)10(14)17/h1-4H,(H2,14,17)(H,15,16). The Morgan fingerprint density at radius 2 is 2.29 bits per heavy atom. The first kappa shape index (κ1) is 11.2. The second kappa shape index (κ2) is 4.28. The molecule has 3 N–H and O–H groups in total. The van der Waals surface area contributed by atoms with Crippen LogP contribution in [-0.2, 0) is 0 Å². The van der Waals surface area contributed by atoms with Crippen LogP contribution in [0, 0.1) is 11.3 Å². The van der Waals surface area contributed by atoms with Crippen molar-refractivity contribution in [3.8, 4) is 17.5 Å². The number of benzene rings is 1. The van der Waals surface area contributed by atoms with E-state index in [9.17, 15) is 4.79 Å². The zero-order valence-electron chi connectivity index (χ0n) is 8.57. The minimum atomic E-state index is -0.720. The Morgan fingerprint density at radius 3 is 2.82 bits per heavy atom. The number of primary amides is 1. The molecular formula is C11H7ClN4O. The molecule has 1 aromatic carbocycles. The van der Waals surface area contributed by atoms with Gasteiger partial charge in [0.05, 0.1) is 0 Å². The number of nitrogens with two attached hydrogens (primary N) is 1. The summed E-state index contributed by atoms with van der Waals surface area (Å²) in [6.45, 7) is 0. The zero-order chi connectivity index (χ0) is 12.4. The minimum absolute atomic E-state index is 0.00229. The molecule has 0 aliphatic rings. The van der Waals surface area contributed by atoms with E-state index in [0.29, 0.717) is 16.4 Å². The fraction of sp³-hybridized carbons (Fsp3) is 0. The molecule has 0 bridgehead atoms. The topological polar surface area (TPSA) is 95.6 Å². The van der Waals surface area contributed by atoms with Crippen LogP contribution in [0.25, 0.3) is 11.4 Å². The van der Waals surface area contributed by atoms with Crippen molar-refractivity contribution >= 4 is 17.5 Å². The molecule has 17 heavy (non-hydrogen) atoms. The molecule has 0 saturated heterocycles. The first-order valence-corrected chi connectivity index (χ1v) is 5.05. The second-order valence-electron chi connectivity index (χ2n) is 3.30. The lowest BCUT2D eigenvalue weighted by Gasteiger charge is -1.96. The van der Waals surface area contributed by atoms with Crippen molar-refractivity contribution in [1.82, 2.24) is 9.97 Å². The summed E-state index contributed by atoms with van der Waals surface area (Å²) in [6.07, 6.45) is 0. The predicted octanol–water partition coefficient (Wildman–Crippen LogP) is 1.70. The molecule has 0 radical (unpaired) electrons. The molecule has 2 rings (SSSR count). The molecule has 2 aromatic rings. The first-order chi connectivity index (χ1) is 8.11. The number of carbonyl (C=O) groups is 1. The molecule has 84 valence electrons. The van der Waals surface area contributed by atoms with Gasteiger partial charge in [0.2, 0.25) is 0 Å². The van der Waals surface area contributed by atoms with Gasteiger partial charge in [-0.1, -0.05) is 23.7 Å². The monoisotopic (exact) mass is 246 g/mol. The number of amides is 1. The normalized spacial score (nSPS) is 9.88. The maximum atomic E-state index is 11.1. The first-order valence-electron chi connectivity index (χ1n) is 4.67. The molecule has 0 saturated carbocycles. The van der Waals surface area contributed by atoms with E-state index < -0.39 is 5.91 Å². The van der Waals surface area contributed by atoms with E-state index in [1.165, 1.54) is 0 Å². The van der Waals surface area contributed by atoms with Gasteiger partial charge in [-0.25, -0.2) is 4.98 Å². The Kier molecular flexibility index (Phi) is 2.81. The SMILES string of the molecule is N#Cc1nc(-c2cccc(Cl)c2)[nH]c1C(N)=O. The molecule has 0 atom stereocenters. The smallest absolute Gasteiger partial charge is 0.268 e. The number of aromatic amines is 1. The Morgan fingerprint density at radius 1 is 1.53 bits per heavy atom. The molecule has 0 fully saturated rings. The summed E-state index contributed by atoms with van der Waals surface area (Å²) in [5, 5.41) is 9.36. The van der Waals surface area contributed by atoms with Gasteiger partial charge in [0, 0.05) is 10.6 Å². The van der Waals surface area contributed by atoms with Crippen LogP contribution >= 0.6 is 11.6 Å². The van der Waals surface area contributed by atoms with Gasteiger partial charge in [-0.15, -0.1) is 0 Å². The second-order valence-corrected chi connectivity index (χ2v) is 3.73. The number of imidazole rings is 1. The van der Waals surface area contributed by atoms with E-state index in [2.05, 4.69) is 9.97 Å². The van der Waals surface area contributed by atoms with Gasteiger partial charge in [-0.05, 0) is 12.1 Å². The summed E-state index contributed by atoms with van der Waals surface area (Å²) >= 11 is 5.84. The van der Waals surface area contributed by atoms with E-state index in [4.69, 9.17) is 22.6 Å². The quantitative estimate of drug-likeness (QED) is 0.844. The number of halogens is 1. The number of nitrogens with one attached hydrogen (secondary N) is 1. The number of nitrogens with zero attached hydrogens (tertiary/aromatic N) is 2. The summed E-state index contributed by atoms with van der Waals surface area (Å²) in [5.74, 6) is -0.333. The highest BCUT2D eigenvalue weighted by Crippen LogP contribution is 2.21. The molecule has 6 heteroatoms. The minimum Gasteiger partial charge on any atom is -0.364 e.